The van der Waals surface area contributed by atoms with Crippen molar-refractivity contribution < 1.29 is 9.59 Å². The van der Waals surface area contributed by atoms with Gasteiger partial charge < -0.3 is 9.80 Å². The van der Waals surface area contributed by atoms with Gasteiger partial charge in [0.25, 0.3) is 11.5 Å². The molecular weight excluding hydrogens is 382 g/mol. The van der Waals surface area contributed by atoms with Crippen molar-refractivity contribution >= 4 is 22.7 Å². The van der Waals surface area contributed by atoms with Gasteiger partial charge in [-0.2, -0.15) is 0 Å². The second-order valence-electron chi connectivity index (χ2n) is 7.42. The zero-order chi connectivity index (χ0) is 21.1. The van der Waals surface area contributed by atoms with Crippen LogP contribution in [0.2, 0.25) is 0 Å². The van der Waals surface area contributed by atoms with Gasteiger partial charge in [-0.15, -0.1) is 5.10 Å². The van der Waals surface area contributed by atoms with Gasteiger partial charge in [-0.25, -0.2) is 4.68 Å². The first-order valence-corrected chi connectivity index (χ1v) is 9.99. The number of carbonyl (C=O) groups is 2. The number of amides is 2. The zero-order valence-electron chi connectivity index (χ0n) is 16.8. The highest BCUT2D eigenvalue weighted by Gasteiger charge is 2.24. The summed E-state index contributed by atoms with van der Waals surface area (Å²) in [6.45, 7) is 4.11. The molecule has 8 nitrogen and oxygen atoms in total. The molecule has 1 aliphatic rings. The number of carbonyl (C=O) groups excluding carboxylic acids is 2. The van der Waals surface area contributed by atoms with Gasteiger partial charge in [0.2, 0.25) is 5.91 Å². The lowest BCUT2D eigenvalue weighted by Crippen LogP contribution is -2.50. The van der Waals surface area contributed by atoms with E-state index < -0.39 is 0 Å². The number of hydrogen-bond acceptors (Lipinski definition) is 5. The topological polar surface area (TPSA) is 88.4 Å². The van der Waals surface area contributed by atoms with Gasteiger partial charge in [-0.05, 0) is 31.2 Å². The Bertz CT molecular complexity index is 1130. The van der Waals surface area contributed by atoms with Crippen molar-refractivity contribution in [1.82, 2.24) is 24.8 Å². The number of nitrogens with zero attached hydrogens (tertiary/aromatic N) is 5. The summed E-state index contributed by atoms with van der Waals surface area (Å²) in [5, 5.41) is 8.46. The minimum absolute atomic E-state index is 0.0138. The maximum absolute atomic E-state index is 12.6. The lowest BCUT2D eigenvalue weighted by Gasteiger charge is -2.35. The highest BCUT2D eigenvalue weighted by atomic mass is 16.2. The van der Waals surface area contributed by atoms with Crippen LogP contribution in [0.25, 0.3) is 10.9 Å². The van der Waals surface area contributed by atoms with Crippen LogP contribution in [0, 0.1) is 6.92 Å². The third-order valence-corrected chi connectivity index (χ3v) is 5.38. The maximum atomic E-state index is 12.6. The number of aromatic nitrogens is 3. The van der Waals surface area contributed by atoms with E-state index in [1.54, 1.807) is 34.1 Å². The molecule has 0 aliphatic carbocycles. The van der Waals surface area contributed by atoms with Crippen molar-refractivity contribution in [3.05, 3.63) is 70.0 Å². The Balaban J connectivity index is 1.32. The fourth-order valence-corrected chi connectivity index (χ4v) is 3.57. The molecule has 2 heterocycles. The fraction of sp³-hybridized carbons (Fsp3) is 0.318. The molecule has 8 heteroatoms. The van der Waals surface area contributed by atoms with Crippen LogP contribution >= 0.6 is 0 Å². The van der Waals surface area contributed by atoms with Crippen LogP contribution in [0.1, 0.15) is 22.3 Å². The van der Waals surface area contributed by atoms with Crippen LogP contribution < -0.4 is 5.56 Å². The molecule has 3 aromatic rings. The molecule has 0 spiro atoms. The highest BCUT2D eigenvalue weighted by molar-refractivity contribution is 5.94. The summed E-state index contributed by atoms with van der Waals surface area (Å²) >= 11 is 0. The minimum atomic E-state index is -0.248. The zero-order valence-corrected chi connectivity index (χ0v) is 16.8. The smallest absolute Gasteiger partial charge is 0.277 e. The molecule has 1 aromatic heterocycles. The Kier molecular flexibility index (Phi) is 5.56. The quantitative estimate of drug-likeness (QED) is 0.656. The summed E-state index contributed by atoms with van der Waals surface area (Å²) < 4.78 is 1.23. The summed E-state index contributed by atoms with van der Waals surface area (Å²) in [5.41, 5.74) is 2.06. The van der Waals surface area contributed by atoms with Gasteiger partial charge in [0.15, 0.2) is 0 Å². The van der Waals surface area contributed by atoms with Crippen LogP contribution in [0.4, 0.5) is 0 Å². The largest absolute Gasteiger partial charge is 0.339 e. The van der Waals surface area contributed by atoms with Crippen LogP contribution in [0.5, 0.6) is 0 Å². The van der Waals surface area contributed by atoms with Crippen molar-refractivity contribution in [2.45, 2.75) is 19.9 Å². The van der Waals surface area contributed by atoms with Gasteiger partial charge in [0.1, 0.15) is 5.52 Å². The van der Waals surface area contributed by atoms with Crippen molar-refractivity contribution in [3.8, 4) is 0 Å². The van der Waals surface area contributed by atoms with E-state index >= 15 is 0 Å². The van der Waals surface area contributed by atoms with Crippen molar-refractivity contribution in [1.29, 1.82) is 0 Å². The van der Waals surface area contributed by atoms with Crippen LogP contribution in [-0.2, 0) is 11.3 Å². The Labute approximate surface area is 173 Å². The fourth-order valence-electron chi connectivity index (χ4n) is 3.57. The SMILES string of the molecule is Cc1ccc(C(=O)N2CCN(C(=O)CCn3nnc4ccccc4c3=O)CC2)cc1. The third kappa shape index (κ3) is 4.07. The average Bonchev–Trinajstić information content (AvgIpc) is 2.79. The summed E-state index contributed by atoms with van der Waals surface area (Å²) in [5.74, 6) is -0.0700. The van der Waals surface area contributed by atoms with Crippen molar-refractivity contribution in [2.75, 3.05) is 26.2 Å². The molecule has 30 heavy (non-hydrogen) atoms. The number of hydrogen-bond donors (Lipinski definition) is 0. The van der Waals surface area contributed by atoms with Gasteiger partial charge >= 0.3 is 0 Å². The number of fused-ring (bicyclic) bond motifs is 1. The number of rotatable bonds is 4. The molecule has 0 unspecified atom stereocenters. The molecular formula is C22H23N5O3. The second kappa shape index (κ2) is 8.44. The molecule has 0 N–H and O–H groups in total. The number of aryl methyl sites for hydroxylation is 2. The van der Waals surface area contributed by atoms with Crippen molar-refractivity contribution in [3.63, 3.8) is 0 Å². The normalized spacial score (nSPS) is 14.2. The Morgan fingerprint density at radius 3 is 2.33 bits per heavy atom. The standard InChI is InChI=1S/C22H23N5O3/c1-16-6-8-17(9-7-16)21(29)26-14-12-25(13-15-26)20(28)10-11-27-22(30)18-4-2-3-5-19(18)23-24-27/h2-9H,10-15H2,1H3. The Morgan fingerprint density at radius 1 is 0.933 bits per heavy atom. The van der Waals surface area contributed by atoms with Crippen LogP contribution in [0.3, 0.4) is 0 Å². The molecule has 0 bridgehead atoms. The van der Waals surface area contributed by atoms with E-state index in [4.69, 9.17) is 0 Å². The first-order chi connectivity index (χ1) is 14.5. The van der Waals surface area contributed by atoms with Gasteiger partial charge in [-0.1, -0.05) is 35.0 Å². The maximum Gasteiger partial charge on any atom is 0.277 e. The lowest BCUT2D eigenvalue weighted by molar-refractivity contribution is -0.133. The summed E-state index contributed by atoms with van der Waals surface area (Å²) in [6.07, 6.45) is 0.166. The predicted molar refractivity (Wildman–Crippen MR) is 112 cm³/mol. The van der Waals surface area contributed by atoms with E-state index in [1.165, 1.54) is 4.68 Å². The lowest BCUT2D eigenvalue weighted by atomic mass is 10.1. The van der Waals surface area contributed by atoms with E-state index in [2.05, 4.69) is 10.3 Å². The predicted octanol–water partition coefficient (Wildman–Crippen LogP) is 1.47. The number of piperazine rings is 1. The Morgan fingerprint density at radius 2 is 1.60 bits per heavy atom. The van der Waals surface area contributed by atoms with E-state index in [0.29, 0.717) is 42.6 Å². The molecule has 1 saturated heterocycles. The Hall–Kier alpha value is -3.55. The van der Waals surface area contributed by atoms with Gasteiger partial charge in [0.05, 0.1) is 11.9 Å². The minimum Gasteiger partial charge on any atom is -0.339 e. The molecule has 0 atom stereocenters. The van der Waals surface area contributed by atoms with Gasteiger partial charge in [0, 0.05) is 38.2 Å². The average molecular weight is 405 g/mol. The van der Waals surface area contributed by atoms with Crippen LogP contribution in [-0.4, -0.2) is 62.8 Å². The van der Waals surface area contributed by atoms with E-state index in [-0.39, 0.29) is 30.3 Å². The first-order valence-electron chi connectivity index (χ1n) is 9.99. The molecule has 4 rings (SSSR count). The second-order valence-corrected chi connectivity index (χ2v) is 7.42. The molecule has 154 valence electrons. The summed E-state index contributed by atoms with van der Waals surface area (Å²) in [6, 6.07) is 14.5. The van der Waals surface area contributed by atoms with Crippen molar-refractivity contribution in [2.24, 2.45) is 0 Å². The van der Waals surface area contributed by atoms with E-state index in [1.807, 2.05) is 31.2 Å². The summed E-state index contributed by atoms with van der Waals surface area (Å²) in [4.78, 5) is 41.2. The van der Waals surface area contributed by atoms with Gasteiger partial charge in [-0.3, -0.25) is 14.4 Å². The molecule has 0 saturated carbocycles. The van der Waals surface area contributed by atoms with Crippen LogP contribution in [0.15, 0.2) is 53.3 Å². The van der Waals surface area contributed by atoms with E-state index in [0.717, 1.165) is 5.56 Å². The summed E-state index contributed by atoms with van der Waals surface area (Å²) in [7, 11) is 0. The third-order valence-electron chi connectivity index (χ3n) is 5.38. The number of benzene rings is 2. The highest BCUT2D eigenvalue weighted by Crippen LogP contribution is 2.11. The molecule has 2 aromatic carbocycles. The molecule has 1 aliphatic heterocycles. The first kappa shape index (κ1) is 19.8. The monoisotopic (exact) mass is 405 g/mol. The van der Waals surface area contributed by atoms with E-state index in [9.17, 15) is 14.4 Å². The molecule has 2 amide bonds. The molecule has 0 radical (unpaired) electrons. The molecule has 1 fully saturated rings.